The van der Waals surface area contributed by atoms with Gasteiger partial charge in [0, 0.05) is 30.6 Å². The fraction of sp³-hybridized carbons (Fsp3) is 0.421. The fourth-order valence-electron chi connectivity index (χ4n) is 2.89. The average Bonchev–Trinajstić information content (AvgIpc) is 3.00. The molecule has 1 saturated carbocycles. The Hall–Kier alpha value is -1.97. The fourth-order valence-corrected chi connectivity index (χ4v) is 2.89. The van der Waals surface area contributed by atoms with E-state index in [1.165, 1.54) is 0 Å². The molecule has 23 heavy (non-hydrogen) atoms. The molecule has 1 heterocycles. The molecule has 1 aromatic carbocycles. The zero-order valence-electron chi connectivity index (χ0n) is 13.6. The van der Waals surface area contributed by atoms with Crippen molar-refractivity contribution in [3.8, 4) is 11.1 Å². The smallest absolute Gasteiger partial charge is 0.248 e. The molecule has 122 valence electrons. The van der Waals surface area contributed by atoms with Gasteiger partial charge in [-0.1, -0.05) is 29.8 Å². The van der Waals surface area contributed by atoms with Gasteiger partial charge in [-0.3, -0.25) is 4.68 Å². The van der Waals surface area contributed by atoms with E-state index in [1.54, 1.807) is 0 Å². The summed E-state index contributed by atoms with van der Waals surface area (Å²) >= 11 is 0. The molecule has 1 aromatic heterocycles. The van der Waals surface area contributed by atoms with Crippen LogP contribution in [0.15, 0.2) is 42.2 Å². The first-order valence-corrected chi connectivity index (χ1v) is 8.15. The topological polar surface area (TPSA) is 17.8 Å². The van der Waals surface area contributed by atoms with Crippen molar-refractivity contribution in [2.45, 2.75) is 51.5 Å². The minimum Gasteiger partial charge on any atom is -0.270 e. The Kier molecular flexibility index (Phi) is 4.33. The molecule has 0 aliphatic heterocycles. The van der Waals surface area contributed by atoms with Crippen LogP contribution in [0.4, 0.5) is 8.78 Å². The predicted octanol–water partition coefficient (Wildman–Crippen LogP) is 5.72. The normalized spacial score (nSPS) is 17.5. The molecule has 0 saturated heterocycles. The Labute approximate surface area is 135 Å². The highest BCUT2D eigenvalue weighted by molar-refractivity contribution is 5.67. The Balaban J connectivity index is 1.80. The first-order valence-electron chi connectivity index (χ1n) is 8.15. The van der Waals surface area contributed by atoms with Gasteiger partial charge in [-0.2, -0.15) is 5.10 Å². The quantitative estimate of drug-likeness (QED) is 0.707. The maximum atomic E-state index is 13.2. The van der Waals surface area contributed by atoms with Crippen LogP contribution in [-0.4, -0.2) is 15.7 Å². The number of hydrogen-bond acceptors (Lipinski definition) is 1. The highest BCUT2D eigenvalue weighted by Crippen LogP contribution is 2.36. The lowest BCUT2D eigenvalue weighted by molar-refractivity contribution is -0.0243. The number of rotatable bonds is 3. The van der Waals surface area contributed by atoms with Crippen LogP contribution in [0.5, 0.6) is 0 Å². The van der Waals surface area contributed by atoms with Crippen molar-refractivity contribution in [1.82, 2.24) is 9.78 Å². The van der Waals surface area contributed by atoms with E-state index in [4.69, 9.17) is 0 Å². The summed E-state index contributed by atoms with van der Waals surface area (Å²) in [6.07, 6.45) is 6.89. The maximum Gasteiger partial charge on any atom is 0.248 e. The van der Waals surface area contributed by atoms with Crippen molar-refractivity contribution in [1.29, 1.82) is 0 Å². The zero-order valence-corrected chi connectivity index (χ0v) is 13.6. The molecule has 0 N–H and O–H groups in total. The molecule has 0 amide bonds. The van der Waals surface area contributed by atoms with E-state index in [0.29, 0.717) is 18.9 Å². The Morgan fingerprint density at radius 1 is 1.17 bits per heavy atom. The molecule has 0 unspecified atom stereocenters. The molecule has 3 rings (SSSR count). The second kappa shape index (κ2) is 6.26. The van der Waals surface area contributed by atoms with Gasteiger partial charge in [0.25, 0.3) is 0 Å². The lowest BCUT2D eigenvalue weighted by Crippen LogP contribution is -2.20. The lowest BCUT2D eigenvalue weighted by atomic mass is 9.90. The Morgan fingerprint density at radius 2 is 1.91 bits per heavy atom. The zero-order chi connectivity index (χ0) is 16.4. The van der Waals surface area contributed by atoms with Gasteiger partial charge < -0.3 is 0 Å². The maximum absolute atomic E-state index is 13.2. The number of aromatic nitrogens is 2. The van der Waals surface area contributed by atoms with Crippen LogP contribution >= 0.6 is 0 Å². The summed E-state index contributed by atoms with van der Waals surface area (Å²) in [5.74, 6) is -2.48. The third-order valence-corrected chi connectivity index (χ3v) is 4.35. The van der Waals surface area contributed by atoms with Crippen LogP contribution in [0.1, 0.15) is 51.1 Å². The molecule has 2 aromatic rings. The molecule has 0 spiro atoms. The van der Waals surface area contributed by atoms with Crippen molar-refractivity contribution in [2.24, 2.45) is 0 Å². The minimum absolute atomic E-state index is 0.0281. The molecular weight excluding hydrogens is 294 g/mol. The Morgan fingerprint density at radius 3 is 2.57 bits per heavy atom. The van der Waals surface area contributed by atoms with Crippen LogP contribution < -0.4 is 0 Å². The van der Waals surface area contributed by atoms with Crippen LogP contribution in [-0.2, 0) is 0 Å². The summed E-state index contributed by atoms with van der Waals surface area (Å²) in [4.78, 5) is 0. The summed E-state index contributed by atoms with van der Waals surface area (Å²) in [5.41, 5.74) is 4.37. The number of hydrogen-bond donors (Lipinski definition) is 0. The van der Waals surface area contributed by atoms with Crippen LogP contribution in [0.25, 0.3) is 17.2 Å². The van der Waals surface area contributed by atoms with Crippen LogP contribution in [0.3, 0.4) is 0 Å². The molecule has 4 heteroatoms. The Bertz CT molecular complexity index is 702. The van der Waals surface area contributed by atoms with Crippen LogP contribution in [0.2, 0.25) is 0 Å². The van der Waals surface area contributed by atoms with E-state index in [9.17, 15) is 8.78 Å². The number of nitrogens with zero attached hydrogens (tertiary/aromatic N) is 2. The molecule has 1 aliphatic carbocycles. The monoisotopic (exact) mass is 316 g/mol. The third-order valence-electron chi connectivity index (χ3n) is 4.35. The molecule has 0 atom stereocenters. The molecule has 1 aliphatic rings. The number of halogens is 2. The summed E-state index contributed by atoms with van der Waals surface area (Å²) in [7, 11) is 0. The molecule has 0 radical (unpaired) electrons. The van der Waals surface area contributed by atoms with Crippen molar-refractivity contribution < 1.29 is 8.78 Å². The van der Waals surface area contributed by atoms with E-state index in [-0.39, 0.29) is 12.8 Å². The second-order valence-corrected chi connectivity index (χ2v) is 6.59. The van der Waals surface area contributed by atoms with E-state index >= 15 is 0 Å². The first-order chi connectivity index (χ1) is 10.9. The summed E-state index contributed by atoms with van der Waals surface area (Å²) in [6.45, 7) is 4.19. The molecule has 1 fully saturated rings. The van der Waals surface area contributed by atoms with Gasteiger partial charge in [0.2, 0.25) is 5.92 Å². The first kappa shape index (κ1) is 15.9. The van der Waals surface area contributed by atoms with Gasteiger partial charge in [0.05, 0.1) is 6.20 Å². The summed E-state index contributed by atoms with van der Waals surface area (Å²) in [5, 5.41) is 4.37. The number of allylic oxidation sites excluding steroid dienone is 1. The number of benzene rings is 1. The van der Waals surface area contributed by atoms with Gasteiger partial charge in [0.1, 0.15) is 0 Å². The average molecular weight is 316 g/mol. The van der Waals surface area contributed by atoms with Crippen molar-refractivity contribution in [3.05, 3.63) is 47.8 Å². The second-order valence-electron chi connectivity index (χ2n) is 6.59. The summed E-state index contributed by atoms with van der Waals surface area (Å²) < 4.78 is 28.4. The van der Waals surface area contributed by atoms with Crippen molar-refractivity contribution >= 4 is 6.08 Å². The highest BCUT2D eigenvalue weighted by atomic mass is 19.3. The highest BCUT2D eigenvalue weighted by Gasteiger charge is 2.32. The van der Waals surface area contributed by atoms with Gasteiger partial charge in [-0.05, 0) is 43.9 Å². The van der Waals surface area contributed by atoms with Crippen molar-refractivity contribution in [3.63, 3.8) is 0 Å². The van der Waals surface area contributed by atoms with E-state index in [0.717, 1.165) is 22.3 Å². The molecule has 2 nitrogen and oxygen atoms in total. The van der Waals surface area contributed by atoms with Gasteiger partial charge in [0.15, 0.2) is 0 Å². The SMILES string of the molecule is CC(C)n1cc(-c2cccc(C=C3CCC(F)(F)CC3)c2)cn1. The third kappa shape index (κ3) is 3.87. The molecular formula is C19H22F2N2. The molecule has 0 bridgehead atoms. The predicted molar refractivity (Wildman–Crippen MR) is 89.4 cm³/mol. The lowest BCUT2D eigenvalue weighted by Gasteiger charge is -2.23. The van der Waals surface area contributed by atoms with E-state index in [2.05, 4.69) is 37.2 Å². The summed E-state index contributed by atoms with van der Waals surface area (Å²) in [6, 6.07) is 8.51. The van der Waals surface area contributed by atoms with E-state index in [1.807, 2.05) is 29.2 Å². The number of alkyl halides is 2. The van der Waals surface area contributed by atoms with Crippen LogP contribution in [0, 0.1) is 0 Å². The minimum atomic E-state index is -2.48. The van der Waals surface area contributed by atoms with Gasteiger partial charge >= 0.3 is 0 Å². The standard InChI is InChI=1S/C19H22F2N2/c1-14(2)23-13-18(12-22-23)17-5-3-4-16(11-17)10-15-6-8-19(20,21)9-7-15/h3-5,10-14H,6-9H2,1-2H3. The van der Waals surface area contributed by atoms with Gasteiger partial charge in [-0.25, -0.2) is 8.78 Å². The largest absolute Gasteiger partial charge is 0.270 e. The van der Waals surface area contributed by atoms with E-state index < -0.39 is 5.92 Å². The van der Waals surface area contributed by atoms with Gasteiger partial charge in [-0.15, -0.1) is 0 Å². The van der Waals surface area contributed by atoms with Crippen molar-refractivity contribution in [2.75, 3.05) is 0 Å².